The van der Waals surface area contributed by atoms with E-state index in [4.69, 9.17) is 4.74 Å². The maximum absolute atomic E-state index is 12.1. The number of carbonyl (C=O) groups is 1. The van der Waals surface area contributed by atoms with Crippen LogP contribution in [0.5, 0.6) is 0 Å². The van der Waals surface area contributed by atoms with Gasteiger partial charge in [-0.2, -0.15) is 5.10 Å². The number of hydrogen-bond acceptors (Lipinski definition) is 4. The Morgan fingerprint density at radius 2 is 2.16 bits per heavy atom. The first-order valence-corrected chi connectivity index (χ1v) is 6.22. The molecule has 0 N–H and O–H groups in total. The molecule has 0 bridgehead atoms. The van der Waals surface area contributed by atoms with E-state index in [-0.39, 0.29) is 6.09 Å². The molecule has 0 saturated heterocycles. The van der Waals surface area contributed by atoms with Gasteiger partial charge in [-0.25, -0.2) is 14.3 Å². The minimum Gasteiger partial charge on any atom is -0.444 e. The van der Waals surface area contributed by atoms with Crippen molar-refractivity contribution >= 4 is 11.7 Å². The van der Waals surface area contributed by atoms with Crippen molar-refractivity contribution in [2.24, 2.45) is 0 Å². The third-order valence-corrected chi connectivity index (χ3v) is 2.96. The Morgan fingerprint density at radius 3 is 2.89 bits per heavy atom. The van der Waals surface area contributed by atoms with E-state index in [1.54, 1.807) is 21.8 Å². The number of fused-ring (bicyclic) bond motifs is 3. The van der Waals surface area contributed by atoms with Crippen LogP contribution in [0.3, 0.4) is 0 Å². The Labute approximate surface area is 111 Å². The van der Waals surface area contributed by atoms with E-state index in [2.05, 4.69) is 10.1 Å². The maximum Gasteiger partial charge on any atom is 0.410 e. The quantitative estimate of drug-likeness (QED) is 0.726. The SMILES string of the molecule is CC(C)(C)OC(=O)N1Cc2cnc3ccnn3c2C1. The van der Waals surface area contributed by atoms with Gasteiger partial charge in [-0.3, -0.25) is 4.90 Å². The zero-order valence-electron chi connectivity index (χ0n) is 11.3. The van der Waals surface area contributed by atoms with Crippen molar-refractivity contribution in [3.63, 3.8) is 0 Å². The molecule has 19 heavy (non-hydrogen) atoms. The summed E-state index contributed by atoms with van der Waals surface area (Å²) in [5.41, 5.74) is 2.33. The molecule has 3 rings (SSSR count). The van der Waals surface area contributed by atoms with Crippen LogP contribution in [0.1, 0.15) is 32.0 Å². The molecule has 0 aromatic carbocycles. The van der Waals surface area contributed by atoms with Crippen LogP contribution in [0.25, 0.3) is 5.65 Å². The highest BCUT2D eigenvalue weighted by Crippen LogP contribution is 2.24. The van der Waals surface area contributed by atoms with Gasteiger partial charge < -0.3 is 4.74 Å². The fraction of sp³-hybridized carbons (Fsp3) is 0.462. The average Bonchev–Trinajstić information content (AvgIpc) is 2.92. The van der Waals surface area contributed by atoms with Crippen molar-refractivity contribution in [1.82, 2.24) is 19.5 Å². The average molecular weight is 260 g/mol. The summed E-state index contributed by atoms with van der Waals surface area (Å²) in [4.78, 5) is 18.0. The predicted octanol–water partition coefficient (Wildman–Crippen LogP) is 1.98. The number of ether oxygens (including phenoxy) is 1. The van der Waals surface area contributed by atoms with Gasteiger partial charge in [0.25, 0.3) is 0 Å². The molecule has 0 atom stereocenters. The minimum absolute atomic E-state index is 0.302. The molecule has 0 saturated carbocycles. The second-order valence-corrected chi connectivity index (χ2v) is 5.67. The van der Waals surface area contributed by atoms with E-state index >= 15 is 0 Å². The summed E-state index contributed by atoms with van der Waals surface area (Å²) in [6.07, 6.45) is 3.21. The van der Waals surface area contributed by atoms with Crippen molar-refractivity contribution in [2.75, 3.05) is 0 Å². The van der Waals surface area contributed by atoms with Crippen LogP contribution in [-0.2, 0) is 17.8 Å². The Balaban J connectivity index is 1.86. The first kappa shape index (κ1) is 12.0. The second-order valence-electron chi connectivity index (χ2n) is 5.67. The Kier molecular flexibility index (Phi) is 2.48. The van der Waals surface area contributed by atoms with Crippen molar-refractivity contribution in [3.05, 3.63) is 29.7 Å². The van der Waals surface area contributed by atoms with Crippen LogP contribution < -0.4 is 0 Å². The van der Waals surface area contributed by atoms with E-state index in [1.807, 2.05) is 26.8 Å². The summed E-state index contributed by atoms with van der Waals surface area (Å²) in [7, 11) is 0. The molecule has 0 aliphatic carbocycles. The number of carbonyl (C=O) groups excluding carboxylic acids is 1. The van der Waals surface area contributed by atoms with Crippen molar-refractivity contribution in [1.29, 1.82) is 0 Å². The zero-order chi connectivity index (χ0) is 13.6. The van der Waals surface area contributed by atoms with Gasteiger partial charge in [-0.05, 0) is 20.8 Å². The monoisotopic (exact) mass is 260 g/mol. The second kappa shape index (κ2) is 3.94. The van der Waals surface area contributed by atoms with Crippen LogP contribution in [-0.4, -0.2) is 31.2 Å². The van der Waals surface area contributed by atoms with Crippen LogP contribution in [0.15, 0.2) is 18.5 Å². The van der Waals surface area contributed by atoms with Crippen LogP contribution in [0.2, 0.25) is 0 Å². The standard InChI is InChI=1S/C13H16N4O2/c1-13(2,3)19-12(18)16-7-9-6-14-11-4-5-15-17(11)10(9)8-16/h4-6H,7-8H2,1-3H3. The van der Waals surface area contributed by atoms with E-state index in [1.165, 1.54) is 0 Å². The third-order valence-electron chi connectivity index (χ3n) is 2.96. The lowest BCUT2D eigenvalue weighted by Gasteiger charge is -2.23. The largest absolute Gasteiger partial charge is 0.444 e. The van der Waals surface area contributed by atoms with Crippen LogP contribution >= 0.6 is 0 Å². The van der Waals surface area contributed by atoms with Gasteiger partial charge in [0.05, 0.1) is 25.0 Å². The van der Waals surface area contributed by atoms with Crippen LogP contribution in [0.4, 0.5) is 4.79 Å². The molecular formula is C13H16N4O2. The Morgan fingerprint density at radius 1 is 1.37 bits per heavy atom. The molecular weight excluding hydrogens is 244 g/mol. The molecule has 2 aromatic rings. The first-order valence-electron chi connectivity index (χ1n) is 6.22. The third kappa shape index (κ3) is 2.14. The normalized spacial score (nSPS) is 14.8. The molecule has 6 nitrogen and oxygen atoms in total. The smallest absolute Gasteiger partial charge is 0.410 e. The summed E-state index contributed by atoms with van der Waals surface area (Å²) in [6, 6.07) is 1.84. The van der Waals surface area contributed by atoms with Gasteiger partial charge in [0.15, 0.2) is 5.65 Å². The molecule has 0 radical (unpaired) electrons. The van der Waals surface area contributed by atoms with E-state index in [0.717, 1.165) is 16.9 Å². The van der Waals surface area contributed by atoms with E-state index < -0.39 is 5.60 Å². The van der Waals surface area contributed by atoms with E-state index in [0.29, 0.717) is 13.1 Å². The van der Waals surface area contributed by atoms with Gasteiger partial charge in [0, 0.05) is 17.8 Å². The minimum atomic E-state index is -0.481. The number of rotatable bonds is 0. The molecule has 0 fully saturated rings. The summed E-state index contributed by atoms with van der Waals surface area (Å²) >= 11 is 0. The number of hydrogen-bond donors (Lipinski definition) is 0. The summed E-state index contributed by atoms with van der Waals surface area (Å²) in [5.74, 6) is 0. The highest BCUT2D eigenvalue weighted by atomic mass is 16.6. The number of aromatic nitrogens is 3. The summed E-state index contributed by atoms with van der Waals surface area (Å²) in [5, 5.41) is 4.23. The van der Waals surface area contributed by atoms with E-state index in [9.17, 15) is 4.79 Å². The van der Waals surface area contributed by atoms with Crippen molar-refractivity contribution in [3.8, 4) is 0 Å². The molecule has 1 aliphatic heterocycles. The molecule has 2 aromatic heterocycles. The van der Waals surface area contributed by atoms with Gasteiger partial charge in [-0.1, -0.05) is 0 Å². The lowest BCUT2D eigenvalue weighted by atomic mass is 10.2. The number of nitrogens with zero attached hydrogens (tertiary/aromatic N) is 4. The lowest BCUT2D eigenvalue weighted by molar-refractivity contribution is 0.0240. The molecule has 1 aliphatic rings. The van der Waals surface area contributed by atoms with Gasteiger partial charge in [0.2, 0.25) is 0 Å². The number of amides is 1. The first-order chi connectivity index (χ1) is 8.94. The summed E-state index contributed by atoms with van der Waals surface area (Å²) in [6.45, 7) is 6.61. The highest BCUT2D eigenvalue weighted by molar-refractivity contribution is 5.69. The molecule has 3 heterocycles. The fourth-order valence-electron chi connectivity index (χ4n) is 2.16. The Hall–Kier alpha value is -2.11. The lowest BCUT2D eigenvalue weighted by Crippen LogP contribution is -2.33. The van der Waals surface area contributed by atoms with Crippen molar-refractivity contribution < 1.29 is 9.53 Å². The fourth-order valence-corrected chi connectivity index (χ4v) is 2.16. The van der Waals surface area contributed by atoms with Gasteiger partial charge in [-0.15, -0.1) is 0 Å². The predicted molar refractivity (Wildman–Crippen MR) is 68.5 cm³/mol. The topological polar surface area (TPSA) is 59.7 Å². The Bertz CT molecular complexity index is 642. The molecule has 1 amide bonds. The van der Waals surface area contributed by atoms with Crippen LogP contribution in [0, 0.1) is 0 Å². The highest BCUT2D eigenvalue weighted by Gasteiger charge is 2.29. The molecule has 6 heteroatoms. The molecule has 0 unspecified atom stereocenters. The maximum atomic E-state index is 12.1. The van der Waals surface area contributed by atoms with Gasteiger partial charge in [0.1, 0.15) is 5.60 Å². The van der Waals surface area contributed by atoms with Gasteiger partial charge >= 0.3 is 6.09 Å². The summed E-state index contributed by atoms with van der Waals surface area (Å²) < 4.78 is 7.16. The zero-order valence-corrected chi connectivity index (χ0v) is 11.3. The van der Waals surface area contributed by atoms with Crippen molar-refractivity contribution in [2.45, 2.75) is 39.5 Å². The molecule has 100 valence electrons. The molecule has 0 spiro atoms.